The third-order valence-electron chi connectivity index (χ3n) is 3.53. The van der Waals surface area contributed by atoms with Crippen LogP contribution in [0.2, 0.25) is 0 Å². The molecule has 0 aliphatic carbocycles. The maximum atomic E-state index is 12.0. The quantitative estimate of drug-likeness (QED) is 0.477. The lowest BCUT2D eigenvalue weighted by Crippen LogP contribution is -2.45. The summed E-state index contributed by atoms with van der Waals surface area (Å²) in [5.41, 5.74) is -1.24. The van der Waals surface area contributed by atoms with Gasteiger partial charge < -0.3 is 0 Å². The highest BCUT2D eigenvalue weighted by Gasteiger charge is 2.60. The van der Waals surface area contributed by atoms with E-state index < -0.39 is 42.5 Å². The fourth-order valence-corrected chi connectivity index (χ4v) is 3.41. The van der Waals surface area contributed by atoms with Crippen LogP contribution in [0.25, 0.3) is 0 Å². The number of hydrogen-bond donors (Lipinski definition) is 1. The van der Waals surface area contributed by atoms with Crippen LogP contribution in [-0.2, 0) is 21.4 Å². The predicted molar refractivity (Wildman–Crippen MR) is 83.5 cm³/mol. The summed E-state index contributed by atoms with van der Waals surface area (Å²) in [6.45, 7) is 0. The van der Waals surface area contributed by atoms with E-state index in [1.54, 1.807) is 6.07 Å². The zero-order chi connectivity index (χ0) is 18.0. The van der Waals surface area contributed by atoms with E-state index in [1.807, 2.05) is 0 Å². The van der Waals surface area contributed by atoms with Crippen molar-refractivity contribution in [3.8, 4) is 0 Å². The first-order valence-electron chi connectivity index (χ1n) is 6.59. The van der Waals surface area contributed by atoms with Crippen molar-refractivity contribution in [2.75, 3.05) is 0 Å². The summed E-state index contributed by atoms with van der Waals surface area (Å²) in [6, 6.07) is 11.9. The van der Waals surface area contributed by atoms with Gasteiger partial charge in [-0.2, -0.15) is 8.42 Å². The number of hydrogen-bond acceptors (Lipinski definition) is 6. The van der Waals surface area contributed by atoms with Crippen LogP contribution >= 0.6 is 0 Å². The Morgan fingerprint density at radius 3 is 2.00 bits per heavy atom. The normalized spacial score (nSPS) is 13.9. The second kappa shape index (κ2) is 6.34. The third-order valence-corrected chi connectivity index (χ3v) is 4.90. The van der Waals surface area contributed by atoms with E-state index in [0.29, 0.717) is 0 Å². The van der Waals surface area contributed by atoms with E-state index >= 15 is 0 Å². The van der Waals surface area contributed by atoms with Gasteiger partial charge in [0.15, 0.2) is 0 Å². The van der Waals surface area contributed by atoms with Gasteiger partial charge in [0.2, 0.25) is 0 Å². The summed E-state index contributed by atoms with van der Waals surface area (Å²) < 4.78 is 33.6. The summed E-state index contributed by atoms with van der Waals surface area (Å²) in [7, 11) is -5.34. The molecule has 2 aromatic rings. The van der Waals surface area contributed by atoms with Crippen molar-refractivity contribution in [1.29, 1.82) is 0 Å². The van der Waals surface area contributed by atoms with Gasteiger partial charge >= 0.3 is 15.0 Å². The third kappa shape index (κ3) is 2.96. The smallest absolute Gasteiger partial charge is 0.280 e. The predicted octanol–water partition coefficient (Wildman–Crippen LogP) is 2.15. The van der Waals surface area contributed by atoms with Gasteiger partial charge in [0.05, 0.1) is 16.3 Å². The Hall–Kier alpha value is -2.85. The molecule has 0 aromatic heterocycles. The SMILES string of the molecule is O=[N+]([O-])c1ccccc1C(Cc1ccccc1)([N+](=O)[O-])S(=O)(=O)O. The lowest BCUT2D eigenvalue weighted by molar-refractivity contribution is -0.551. The zero-order valence-corrected chi connectivity index (χ0v) is 12.9. The van der Waals surface area contributed by atoms with Gasteiger partial charge in [-0.25, -0.2) is 0 Å². The van der Waals surface area contributed by atoms with Crippen molar-refractivity contribution in [1.82, 2.24) is 0 Å². The van der Waals surface area contributed by atoms with Crippen LogP contribution in [0, 0.1) is 20.2 Å². The summed E-state index contributed by atoms with van der Waals surface area (Å²) in [5.74, 6) is 0. The number of benzene rings is 2. The minimum atomic E-state index is -5.34. The van der Waals surface area contributed by atoms with E-state index in [1.165, 1.54) is 36.4 Å². The van der Waals surface area contributed by atoms with Crippen LogP contribution < -0.4 is 0 Å². The molecule has 0 fully saturated rings. The van der Waals surface area contributed by atoms with Crippen LogP contribution in [0.3, 0.4) is 0 Å². The van der Waals surface area contributed by atoms with Crippen LogP contribution in [-0.4, -0.2) is 22.8 Å². The van der Waals surface area contributed by atoms with Crippen LogP contribution in [0.1, 0.15) is 11.1 Å². The molecule has 24 heavy (non-hydrogen) atoms. The molecule has 1 atom stereocenters. The lowest BCUT2D eigenvalue weighted by Gasteiger charge is -2.22. The molecule has 0 aliphatic heterocycles. The van der Waals surface area contributed by atoms with Gasteiger partial charge in [-0.05, 0) is 11.6 Å². The Kier molecular flexibility index (Phi) is 4.62. The van der Waals surface area contributed by atoms with Crippen LogP contribution in [0.4, 0.5) is 5.69 Å². The largest absolute Gasteiger partial charge is 0.378 e. The van der Waals surface area contributed by atoms with Gasteiger partial charge in [-0.3, -0.25) is 24.8 Å². The maximum Gasteiger partial charge on any atom is 0.378 e. The van der Waals surface area contributed by atoms with Gasteiger partial charge in [-0.15, -0.1) is 0 Å². The highest BCUT2D eigenvalue weighted by atomic mass is 32.2. The zero-order valence-electron chi connectivity index (χ0n) is 12.1. The Bertz CT molecular complexity index is 883. The van der Waals surface area contributed by atoms with Crippen molar-refractivity contribution in [3.05, 3.63) is 86.0 Å². The van der Waals surface area contributed by atoms with E-state index in [4.69, 9.17) is 0 Å². The van der Waals surface area contributed by atoms with E-state index in [-0.39, 0.29) is 5.56 Å². The molecule has 0 radical (unpaired) electrons. The highest BCUT2D eigenvalue weighted by Crippen LogP contribution is 2.39. The monoisotopic (exact) mass is 352 g/mol. The Morgan fingerprint density at radius 1 is 0.958 bits per heavy atom. The molecule has 0 amide bonds. The van der Waals surface area contributed by atoms with Crippen molar-refractivity contribution in [2.45, 2.75) is 11.3 Å². The average Bonchev–Trinajstić information content (AvgIpc) is 2.52. The Labute approximate surface area is 136 Å². The minimum absolute atomic E-state index is 0.227. The molecular weight excluding hydrogens is 340 g/mol. The lowest BCUT2D eigenvalue weighted by atomic mass is 9.97. The molecule has 0 spiro atoms. The number of para-hydroxylation sites is 1. The second-order valence-corrected chi connectivity index (χ2v) is 6.58. The number of nitro benzene ring substituents is 1. The van der Waals surface area contributed by atoms with E-state index in [0.717, 1.165) is 12.1 Å². The number of nitrogens with zero attached hydrogens (tertiary/aromatic N) is 2. The van der Waals surface area contributed by atoms with Crippen molar-refractivity contribution < 1.29 is 22.8 Å². The molecule has 9 nitrogen and oxygen atoms in total. The summed E-state index contributed by atoms with van der Waals surface area (Å²) in [5, 5.41) is 22.9. The van der Waals surface area contributed by atoms with Crippen molar-refractivity contribution in [2.24, 2.45) is 0 Å². The molecule has 0 heterocycles. The molecule has 1 unspecified atom stereocenters. The first-order chi connectivity index (χ1) is 11.2. The van der Waals surface area contributed by atoms with Gasteiger partial charge in [0.25, 0.3) is 5.69 Å². The average molecular weight is 352 g/mol. The molecule has 126 valence electrons. The first kappa shape index (κ1) is 17.5. The molecule has 0 aliphatic rings. The summed E-state index contributed by atoms with van der Waals surface area (Å²) >= 11 is 0. The maximum absolute atomic E-state index is 12.0. The molecule has 0 bridgehead atoms. The summed E-state index contributed by atoms with van der Waals surface area (Å²) in [4.78, 5) is 17.6. The van der Waals surface area contributed by atoms with Gasteiger partial charge in [0.1, 0.15) is 5.56 Å². The number of rotatable bonds is 6. The fourth-order valence-electron chi connectivity index (χ4n) is 2.42. The van der Waals surface area contributed by atoms with E-state index in [2.05, 4.69) is 0 Å². The standard InChI is InChI=1S/C14H12N2O7S/c17-15(18)13-9-5-4-8-12(13)14(16(19)20,24(21,22)23)10-11-6-2-1-3-7-11/h1-9H,10H2,(H,21,22,23). The van der Waals surface area contributed by atoms with Gasteiger partial charge in [-0.1, -0.05) is 42.5 Å². The van der Waals surface area contributed by atoms with Gasteiger partial charge in [0, 0.05) is 6.07 Å². The van der Waals surface area contributed by atoms with Crippen molar-refractivity contribution >= 4 is 15.8 Å². The fraction of sp³-hybridized carbons (Fsp3) is 0.143. The Balaban J connectivity index is 2.82. The molecule has 0 saturated heterocycles. The molecular formula is C14H12N2O7S. The molecule has 2 rings (SSSR count). The van der Waals surface area contributed by atoms with Crippen LogP contribution in [0.15, 0.2) is 54.6 Å². The van der Waals surface area contributed by atoms with Crippen molar-refractivity contribution in [3.63, 3.8) is 0 Å². The van der Waals surface area contributed by atoms with E-state index in [9.17, 15) is 33.2 Å². The Morgan fingerprint density at radius 2 is 1.50 bits per heavy atom. The molecule has 2 aromatic carbocycles. The second-order valence-electron chi connectivity index (χ2n) is 4.95. The molecule has 0 saturated carbocycles. The number of nitro groups is 2. The first-order valence-corrected chi connectivity index (χ1v) is 8.03. The highest BCUT2D eigenvalue weighted by molar-refractivity contribution is 7.86. The molecule has 1 N–H and O–H groups in total. The minimum Gasteiger partial charge on any atom is -0.280 e. The topological polar surface area (TPSA) is 141 Å². The van der Waals surface area contributed by atoms with Crippen LogP contribution in [0.5, 0.6) is 0 Å². The summed E-state index contributed by atoms with van der Waals surface area (Å²) in [6.07, 6.45) is -0.759. The molecule has 10 heteroatoms.